The fourth-order valence-electron chi connectivity index (χ4n) is 3.71. The smallest absolute Gasteiger partial charge is 0.279 e. The number of benzene rings is 1. The van der Waals surface area contributed by atoms with E-state index in [1.165, 1.54) is 16.2 Å². The largest absolute Gasteiger partial charge is 0.331 e. The van der Waals surface area contributed by atoms with E-state index in [9.17, 15) is 14.4 Å². The molecule has 2 amide bonds. The molecule has 1 saturated heterocycles. The Labute approximate surface area is 181 Å². The molecular weight excluding hydrogens is 398 g/mol. The number of piperazine rings is 1. The van der Waals surface area contributed by atoms with Crippen molar-refractivity contribution in [2.75, 3.05) is 38.0 Å². The lowest BCUT2D eigenvalue weighted by molar-refractivity contribution is -0.895. The van der Waals surface area contributed by atoms with Crippen molar-refractivity contribution < 1.29 is 19.3 Å². The molecule has 7 heteroatoms. The molecule has 0 bridgehead atoms. The quantitative estimate of drug-likeness (QED) is 0.632. The number of Topliss-reactive ketones (excluding diaryl/α,β-unsaturated/α-hetero) is 1. The third kappa shape index (κ3) is 6.00. The Hall–Kier alpha value is -2.51. The molecule has 0 radical (unpaired) electrons. The van der Waals surface area contributed by atoms with Gasteiger partial charge in [0.15, 0.2) is 12.3 Å². The second-order valence-electron chi connectivity index (χ2n) is 7.70. The number of hydrogen-bond donors (Lipinski definition) is 2. The third-order valence-electron chi connectivity index (χ3n) is 5.49. The number of ketones is 1. The first-order chi connectivity index (χ1) is 14.5. The zero-order valence-electron chi connectivity index (χ0n) is 17.7. The number of hydrogen-bond acceptors (Lipinski definition) is 4. The Morgan fingerprint density at radius 3 is 2.47 bits per heavy atom. The summed E-state index contributed by atoms with van der Waals surface area (Å²) in [6, 6.07) is 11.6. The van der Waals surface area contributed by atoms with E-state index in [1.54, 1.807) is 0 Å². The van der Waals surface area contributed by atoms with E-state index in [0.717, 1.165) is 40.5 Å². The molecule has 1 aromatic carbocycles. The molecule has 6 nitrogen and oxygen atoms in total. The molecule has 0 unspecified atom stereocenters. The van der Waals surface area contributed by atoms with Gasteiger partial charge in [-0.05, 0) is 37.1 Å². The highest BCUT2D eigenvalue weighted by molar-refractivity contribution is 7.14. The summed E-state index contributed by atoms with van der Waals surface area (Å²) in [6.07, 6.45) is 1.38. The van der Waals surface area contributed by atoms with Gasteiger partial charge in [-0.2, -0.15) is 0 Å². The molecule has 1 aliphatic heterocycles. The second-order valence-corrected chi connectivity index (χ2v) is 8.99. The van der Waals surface area contributed by atoms with Crippen molar-refractivity contribution >= 4 is 34.6 Å². The molecule has 2 N–H and O–H groups in total. The van der Waals surface area contributed by atoms with Gasteiger partial charge in [-0.3, -0.25) is 14.4 Å². The normalized spacial score (nSPS) is 14.5. The van der Waals surface area contributed by atoms with Crippen LogP contribution in [0.4, 0.5) is 5.69 Å². The number of nitrogens with zero attached hydrogens (tertiary/aromatic N) is 1. The zero-order valence-corrected chi connectivity index (χ0v) is 18.5. The fourth-order valence-corrected chi connectivity index (χ4v) is 4.54. The fraction of sp³-hybridized carbons (Fsp3) is 0.435. The molecule has 1 fully saturated rings. The Morgan fingerprint density at radius 1 is 1.07 bits per heavy atom. The molecular formula is C23H30N3O3S+. The maximum atomic E-state index is 12.5. The van der Waals surface area contributed by atoms with Gasteiger partial charge in [-0.15, -0.1) is 11.3 Å². The standard InChI is InChI=1S/C23H29N3O3S/c1-3-18-6-4-5-7-19(18)24-22(28)16-25-12-14-26(15-13-25)23(29)11-9-20(27)21-10-8-17(2)30-21/h4-8,10H,3,9,11-16H2,1-2H3,(H,24,28)/p+1. The van der Waals surface area contributed by atoms with E-state index in [1.807, 2.05) is 48.2 Å². The van der Waals surface area contributed by atoms with Crippen LogP contribution in [0.15, 0.2) is 36.4 Å². The molecule has 1 aliphatic rings. The van der Waals surface area contributed by atoms with Crippen molar-refractivity contribution in [3.8, 4) is 0 Å². The SMILES string of the molecule is CCc1ccccc1NC(=O)C[NH+]1CCN(C(=O)CCC(=O)c2ccc(C)s2)CC1. The van der Waals surface area contributed by atoms with Gasteiger partial charge in [0, 0.05) is 23.4 Å². The van der Waals surface area contributed by atoms with Gasteiger partial charge in [-0.1, -0.05) is 25.1 Å². The summed E-state index contributed by atoms with van der Waals surface area (Å²) in [5.41, 5.74) is 2.01. The Morgan fingerprint density at radius 2 is 1.80 bits per heavy atom. The second kappa shape index (κ2) is 10.5. The van der Waals surface area contributed by atoms with Crippen molar-refractivity contribution in [3.63, 3.8) is 0 Å². The van der Waals surface area contributed by atoms with Crippen LogP contribution in [0.1, 0.15) is 39.9 Å². The van der Waals surface area contributed by atoms with E-state index >= 15 is 0 Å². The topological polar surface area (TPSA) is 70.9 Å². The Balaban J connectivity index is 1.40. The average Bonchev–Trinajstić information content (AvgIpc) is 3.19. The van der Waals surface area contributed by atoms with Crippen molar-refractivity contribution in [2.45, 2.75) is 33.1 Å². The zero-order chi connectivity index (χ0) is 21.5. The van der Waals surface area contributed by atoms with Crippen LogP contribution in [0.2, 0.25) is 0 Å². The highest BCUT2D eigenvalue weighted by atomic mass is 32.1. The highest BCUT2D eigenvalue weighted by Gasteiger charge is 2.25. The van der Waals surface area contributed by atoms with Crippen molar-refractivity contribution in [1.82, 2.24) is 4.90 Å². The van der Waals surface area contributed by atoms with E-state index in [-0.39, 0.29) is 30.4 Å². The number of carbonyl (C=O) groups is 3. The molecule has 0 spiro atoms. The van der Waals surface area contributed by atoms with E-state index in [2.05, 4.69) is 12.2 Å². The van der Waals surface area contributed by atoms with Crippen LogP contribution in [-0.2, 0) is 16.0 Å². The molecule has 160 valence electrons. The number of anilines is 1. The molecule has 0 aliphatic carbocycles. The summed E-state index contributed by atoms with van der Waals surface area (Å²) >= 11 is 1.48. The third-order valence-corrected chi connectivity index (χ3v) is 6.53. The summed E-state index contributed by atoms with van der Waals surface area (Å²) in [4.78, 5) is 41.9. The van der Waals surface area contributed by atoms with Gasteiger partial charge < -0.3 is 15.1 Å². The molecule has 30 heavy (non-hydrogen) atoms. The molecule has 1 aromatic heterocycles. The van der Waals surface area contributed by atoms with E-state index in [0.29, 0.717) is 19.6 Å². The van der Waals surface area contributed by atoms with Gasteiger partial charge in [0.1, 0.15) is 0 Å². The monoisotopic (exact) mass is 428 g/mol. The van der Waals surface area contributed by atoms with Gasteiger partial charge in [-0.25, -0.2) is 0 Å². The summed E-state index contributed by atoms with van der Waals surface area (Å²) < 4.78 is 0. The first-order valence-corrected chi connectivity index (χ1v) is 11.4. The van der Waals surface area contributed by atoms with Crippen LogP contribution in [-0.4, -0.2) is 55.2 Å². The van der Waals surface area contributed by atoms with E-state index < -0.39 is 0 Å². The van der Waals surface area contributed by atoms with Crippen molar-refractivity contribution in [3.05, 3.63) is 51.7 Å². The number of aryl methyl sites for hydroxylation is 2. The lowest BCUT2D eigenvalue weighted by atomic mass is 10.1. The summed E-state index contributed by atoms with van der Waals surface area (Å²) in [5.74, 6) is 0.0641. The first-order valence-electron chi connectivity index (χ1n) is 10.5. The molecule has 3 rings (SSSR count). The molecule has 2 heterocycles. The van der Waals surface area contributed by atoms with Gasteiger partial charge >= 0.3 is 0 Å². The lowest BCUT2D eigenvalue weighted by Crippen LogP contribution is -3.15. The van der Waals surface area contributed by atoms with Crippen LogP contribution >= 0.6 is 11.3 Å². The molecule has 0 atom stereocenters. The minimum absolute atomic E-state index is 0.00233. The maximum Gasteiger partial charge on any atom is 0.279 e. The average molecular weight is 429 g/mol. The van der Waals surface area contributed by atoms with Crippen LogP contribution < -0.4 is 10.2 Å². The van der Waals surface area contributed by atoms with Gasteiger partial charge in [0.2, 0.25) is 5.91 Å². The van der Waals surface area contributed by atoms with E-state index in [4.69, 9.17) is 0 Å². The minimum Gasteiger partial charge on any atom is -0.331 e. The predicted octanol–water partition coefficient (Wildman–Crippen LogP) is 1.95. The number of amides is 2. The maximum absolute atomic E-state index is 12.5. The number of para-hydroxylation sites is 1. The number of quaternary nitrogens is 1. The minimum atomic E-state index is 0.00233. The number of nitrogens with one attached hydrogen (secondary N) is 2. The number of carbonyl (C=O) groups excluding carboxylic acids is 3. The summed E-state index contributed by atoms with van der Waals surface area (Å²) in [7, 11) is 0. The number of thiophene rings is 1. The van der Waals surface area contributed by atoms with Crippen molar-refractivity contribution in [1.29, 1.82) is 0 Å². The van der Waals surface area contributed by atoms with Crippen molar-refractivity contribution in [2.24, 2.45) is 0 Å². The predicted molar refractivity (Wildman–Crippen MR) is 119 cm³/mol. The van der Waals surface area contributed by atoms with Crippen LogP contribution in [0, 0.1) is 6.92 Å². The first kappa shape index (κ1) is 22.2. The Kier molecular flexibility index (Phi) is 7.76. The highest BCUT2D eigenvalue weighted by Crippen LogP contribution is 2.18. The van der Waals surface area contributed by atoms with Crippen LogP contribution in [0.5, 0.6) is 0 Å². The Bertz CT molecular complexity index is 901. The van der Waals surface area contributed by atoms with Crippen LogP contribution in [0.25, 0.3) is 0 Å². The van der Waals surface area contributed by atoms with Crippen LogP contribution in [0.3, 0.4) is 0 Å². The summed E-state index contributed by atoms with van der Waals surface area (Å²) in [6.45, 7) is 7.17. The lowest BCUT2D eigenvalue weighted by Gasteiger charge is -2.32. The van der Waals surface area contributed by atoms with Gasteiger partial charge in [0.25, 0.3) is 5.91 Å². The molecule has 2 aromatic rings. The number of rotatable bonds is 8. The summed E-state index contributed by atoms with van der Waals surface area (Å²) in [5, 5.41) is 3.02. The van der Waals surface area contributed by atoms with Gasteiger partial charge in [0.05, 0.1) is 31.1 Å². The molecule has 0 saturated carbocycles.